The Labute approximate surface area is 232 Å². The summed E-state index contributed by atoms with van der Waals surface area (Å²) in [6.07, 6.45) is 10.0. The van der Waals surface area contributed by atoms with Gasteiger partial charge in [-0.05, 0) is 122 Å². The van der Waals surface area contributed by atoms with Crippen molar-refractivity contribution in [1.82, 2.24) is 0 Å². The van der Waals surface area contributed by atoms with Crippen molar-refractivity contribution >= 4 is 17.3 Å². The summed E-state index contributed by atoms with van der Waals surface area (Å²) in [5, 5.41) is 33.0. The summed E-state index contributed by atoms with van der Waals surface area (Å²) in [4.78, 5) is 25.9. The van der Waals surface area contributed by atoms with Crippen LogP contribution in [0.2, 0.25) is 0 Å². The Morgan fingerprint density at radius 3 is 2.62 bits per heavy atom. The lowest BCUT2D eigenvalue weighted by atomic mass is 9.43. The Balaban J connectivity index is 1.12. The first-order valence-corrected chi connectivity index (χ1v) is 15.5. The summed E-state index contributed by atoms with van der Waals surface area (Å²) in [5.74, 6) is 3.02. The Hall–Kier alpha value is -1.99. The minimum atomic E-state index is -0.375. The second-order valence-electron chi connectivity index (χ2n) is 14.3. The van der Waals surface area contributed by atoms with Gasteiger partial charge in [-0.1, -0.05) is 20.8 Å². The van der Waals surface area contributed by atoms with E-state index in [4.69, 9.17) is 0 Å². The maximum absolute atomic E-state index is 13.3. The average Bonchev–Trinajstić information content (AvgIpc) is 3.48. The molecule has 5 aliphatic rings. The molecule has 1 aromatic carbocycles. The lowest BCUT2D eigenvalue weighted by molar-refractivity contribution is -0.384. The number of benzene rings is 1. The number of nitro groups is 1. The van der Waals surface area contributed by atoms with E-state index in [1.807, 2.05) is 4.90 Å². The van der Waals surface area contributed by atoms with Crippen LogP contribution in [-0.2, 0) is 11.2 Å². The second kappa shape index (κ2) is 9.83. The number of nitro benzene ring substituents is 1. The van der Waals surface area contributed by atoms with Crippen LogP contribution in [0.15, 0.2) is 18.2 Å². The molecule has 7 heteroatoms. The number of hydrogen-bond donors (Lipinski definition) is 2. The molecule has 4 fully saturated rings. The molecule has 0 radical (unpaired) electrons. The minimum absolute atomic E-state index is 0.0871. The molecule has 7 nitrogen and oxygen atoms in total. The van der Waals surface area contributed by atoms with E-state index in [9.17, 15) is 25.1 Å². The molecular weight excluding hydrogens is 492 g/mol. The van der Waals surface area contributed by atoms with E-state index in [2.05, 4.69) is 20.8 Å². The molecule has 10 atom stereocenters. The highest BCUT2D eigenvalue weighted by atomic mass is 16.6. The summed E-state index contributed by atoms with van der Waals surface area (Å²) >= 11 is 0. The van der Waals surface area contributed by atoms with Crippen LogP contribution in [0.25, 0.3) is 0 Å². The van der Waals surface area contributed by atoms with Gasteiger partial charge in [-0.3, -0.25) is 14.9 Å². The quantitative estimate of drug-likeness (QED) is 0.359. The van der Waals surface area contributed by atoms with Crippen LogP contribution in [0.1, 0.15) is 90.5 Å². The van der Waals surface area contributed by atoms with Crippen molar-refractivity contribution in [3.8, 4) is 0 Å². The van der Waals surface area contributed by atoms with Gasteiger partial charge in [-0.2, -0.15) is 0 Å². The summed E-state index contributed by atoms with van der Waals surface area (Å²) in [5.41, 5.74) is 2.26. The van der Waals surface area contributed by atoms with Crippen molar-refractivity contribution < 1.29 is 19.9 Å². The smallest absolute Gasteiger partial charge is 0.269 e. The predicted octanol–water partition coefficient (Wildman–Crippen LogP) is 5.89. The lowest BCUT2D eigenvalue weighted by Crippen LogP contribution is -2.58. The van der Waals surface area contributed by atoms with Crippen LogP contribution < -0.4 is 4.90 Å². The van der Waals surface area contributed by atoms with Gasteiger partial charge in [0, 0.05) is 30.8 Å². The van der Waals surface area contributed by atoms with Crippen LogP contribution >= 0.6 is 0 Å². The zero-order valence-electron chi connectivity index (χ0n) is 23.8. The first kappa shape index (κ1) is 27.2. The Morgan fingerprint density at radius 2 is 1.85 bits per heavy atom. The highest BCUT2D eigenvalue weighted by Gasteiger charge is 2.62. The number of carbonyl (C=O) groups is 1. The van der Waals surface area contributed by atoms with Gasteiger partial charge in [0.2, 0.25) is 5.91 Å². The maximum Gasteiger partial charge on any atom is 0.269 e. The molecule has 0 aromatic heterocycles. The van der Waals surface area contributed by atoms with Crippen LogP contribution in [0.5, 0.6) is 0 Å². The normalized spacial score (nSPS) is 41.8. The number of carbonyl (C=O) groups excluding carboxylic acids is 1. The number of non-ortho nitro benzene ring substituents is 1. The number of anilines is 1. The standard InChI is InChI=1S/C32H46N2O5/c1-19(4-9-29(37)33-15-12-20-16-22(34(38)39)5-8-27(20)33)24-6-7-25-30-26(11-14-32(24,25)3)31(2)13-10-23(35)17-21(31)18-28(30)36/h5,8,16,19,21,23-26,28,30,35-36H,4,6-7,9-15,17-18H2,1-3H3/t19-,21+,23-,24-,25+,26+,28+,30+,31+,32-/m1/s1. The van der Waals surface area contributed by atoms with E-state index in [1.54, 1.807) is 12.1 Å². The Bertz CT molecular complexity index is 1140. The van der Waals surface area contributed by atoms with Crippen LogP contribution in [-0.4, -0.2) is 39.8 Å². The molecule has 39 heavy (non-hydrogen) atoms. The molecule has 0 bridgehead atoms. The zero-order valence-corrected chi connectivity index (χ0v) is 23.8. The third kappa shape index (κ3) is 4.34. The Kier molecular flexibility index (Phi) is 6.85. The van der Waals surface area contributed by atoms with Gasteiger partial charge in [-0.25, -0.2) is 0 Å². The number of rotatable bonds is 5. The van der Waals surface area contributed by atoms with Gasteiger partial charge in [0.25, 0.3) is 5.69 Å². The van der Waals surface area contributed by atoms with Crippen molar-refractivity contribution in [2.24, 2.45) is 46.3 Å². The van der Waals surface area contributed by atoms with E-state index in [-0.39, 0.29) is 39.6 Å². The first-order valence-electron chi connectivity index (χ1n) is 15.5. The summed E-state index contributed by atoms with van der Waals surface area (Å²) in [6.45, 7) is 7.88. The predicted molar refractivity (Wildman–Crippen MR) is 150 cm³/mol. The molecule has 1 heterocycles. The lowest BCUT2D eigenvalue weighted by Gasteiger charge is -2.62. The van der Waals surface area contributed by atoms with Crippen molar-refractivity contribution in [1.29, 1.82) is 0 Å². The van der Waals surface area contributed by atoms with E-state index in [0.29, 0.717) is 54.9 Å². The monoisotopic (exact) mass is 538 g/mol. The maximum atomic E-state index is 13.3. The molecule has 2 N–H and O–H groups in total. The van der Waals surface area contributed by atoms with Crippen LogP contribution in [0.3, 0.4) is 0 Å². The molecule has 1 amide bonds. The third-order valence-electron chi connectivity index (χ3n) is 12.7. The van der Waals surface area contributed by atoms with E-state index >= 15 is 0 Å². The topological polar surface area (TPSA) is 104 Å². The highest BCUT2D eigenvalue weighted by Crippen LogP contribution is 2.68. The van der Waals surface area contributed by atoms with Crippen molar-refractivity contribution in [3.63, 3.8) is 0 Å². The first-order chi connectivity index (χ1) is 18.5. The fourth-order valence-electron chi connectivity index (χ4n) is 10.6. The molecule has 214 valence electrons. The van der Waals surface area contributed by atoms with Gasteiger partial charge in [-0.15, -0.1) is 0 Å². The largest absolute Gasteiger partial charge is 0.393 e. The van der Waals surface area contributed by atoms with Gasteiger partial charge in [0.05, 0.1) is 17.1 Å². The second-order valence-corrected chi connectivity index (χ2v) is 14.3. The van der Waals surface area contributed by atoms with E-state index in [0.717, 1.165) is 43.4 Å². The molecule has 4 saturated carbocycles. The molecule has 0 spiro atoms. The van der Waals surface area contributed by atoms with Crippen molar-refractivity contribution in [2.45, 2.75) is 104 Å². The number of nitrogens with zero attached hydrogens (tertiary/aromatic N) is 2. The van der Waals surface area contributed by atoms with Gasteiger partial charge >= 0.3 is 0 Å². The average molecular weight is 539 g/mol. The number of hydrogen-bond acceptors (Lipinski definition) is 5. The molecule has 0 saturated heterocycles. The summed E-state index contributed by atoms with van der Waals surface area (Å²) < 4.78 is 0. The summed E-state index contributed by atoms with van der Waals surface area (Å²) in [6, 6.07) is 4.84. The molecular formula is C32H46N2O5. The fourth-order valence-corrected chi connectivity index (χ4v) is 10.6. The zero-order chi connectivity index (χ0) is 27.7. The van der Waals surface area contributed by atoms with E-state index in [1.165, 1.54) is 31.7 Å². The minimum Gasteiger partial charge on any atom is -0.393 e. The SMILES string of the molecule is C[C@H](CCC(=O)N1CCc2cc([N+](=O)[O-])ccc21)[C@H]1CC[C@H]2[C@@H]3[C@@H](O)C[C@@H]4C[C@H](O)CC[C@]4(C)[C@H]3CC[C@]12C. The highest BCUT2D eigenvalue weighted by molar-refractivity contribution is 5.95. The summed E-state index contributed by atoms with van der Waals surface area (Å²) in [7, 11) is 0. The molecule has 1 aromatic rings. The Morgan fingerprint density at radius 1 is 1.10 bits per heavy atom. The van der Waals surface area contributed by atoms with Gasteiger partial charge < -0.3 is 15.1 Å². The molecule has 4 aliphatic carbocycles. The third-order valence-corrected chi connectivity index (χ3v) is 12.7. The molecule has 6 rings (SSSR count). The molecule has 0 unspecified atom stereocenters. The van der Waals surface area contributed by atoms with Gasteiger partial charge in [0.1, 0.15) is 0 Å². The number of fused-ring (bicyclic) bond motifs is 6. The van der Waals surface area contributed by atoms with E-state index < -0.39 is 0 Å². The number of amides is 1. The number of aliphatic hydroxyl groups is 2. The molecule has 1 aliphatic heterocycles. The number of aliphatic hydroxyl groups excluding tert-OH is 2. The van der Waals surface area contributed by atoms with Gasteiger partial charge in [0.15, 0.2) is 0 Å². The van der Waals surface area contributed by atoms with Crippen molar-refractivity contribution in [3.05, 3.63) is 33.9 Å². The van der Waals surface area contributed by atoms with Crippen LogP contribution in [0, 0.1) is 56.5 Å². The van der Waals surface area contributed by atoms with Crippen LogP contribution in [0.4, 0.5) is 11.4 Å². The fraction of sp³-hybridized carbons (Fsp3) is 0.781. The van der Waals surface area contributed by atoms with Crippen molar-refractivity contribution in [2.75, 3.05) is 11.4 Å².